The number of nitriles is 1. The zero-order valence-corrected chi connectivity index (χ0v) is 25.0. The zero-order chi connectivity index (χ0) is 29.3. The number of hydrogen-bond donors (Lipinski definition) is 0. The number of rotatable bonds is 7. The molecule has 0 amide bonds. The summed E-state index contributed by atoms with van der Waals surface area (Å²) in [7, 11) is 0. The normalized spacial score (nSPS) is 13.2. The fraction of sp³-hybridized carbons (Fsp3) is 0.243. The van der Waals surface area contributed by atoms with Gasteiger partial charge in [0.05, 0.1) is 52.0 Å². The van der Waals surface area contributed by atoms with E-state index in [1.165, 1.54) is 11.1 Å². The second-order valence-corrected chi connectivity index (χ2v) is 11.2. The van der Waals surface area contributed by atoms with Crippen molar-refractivity contribution >= 4 is 28.4 Å². The number of nitrogens with zero attached hydrogens (tertiary/aromatic N) is 4. The second kappa shape index (κ2) is 11.1. The summed E-state index contributed by atoms with van der Waals surface area (Å²) in [5.74, 6) is 0. The number of allylic oxidation sites excluding steroid dienone is 2. The Morgan fingerprint density at radius 3 is 2.15 bits per heavy atom. The SMILES string of the molecule is C=C(C(=C(C)C#N)N1c2ccncc2N(c2c(C)cccc2C)c2cc(-c3ccccc3)ccc21)C(C)(CC)CC. The van der Waals surface area contributed by atoms with Gasteiger partial charge in [-0.15, -0.1) is 0 Å². The van der Waals surface area contributed by atoms with Crippen LogP contribution in [0.25, 0.3) is 11.1 Å². The van der Waals surface area contributed by atoms with Crippen molar-refractivity contribution in [1.29, 1.82) is 5.26 Å². The van der Waals surface area contributed by atoms with Crippen LogP contribution in [0.5, 0.6) is 0 Å². The van der Waals surface area contributed by atoms with Gasteiger partial charge < -0.3 is 9.80 Å². The molecule has 4 aromatic rings. The molecule has 0 bridgehead atoms. The average Bonchev–Trinajstić information content (AvgIpc) is 3.01. The second-order valence-electron chi connectivity index (χ2n) is 11.2. The molecule has 0 aliphatic carbocycles. The molecule has 206 valence electrons. The standard InChI is InChI=1S/C37H38N4/c1-8-37(7,9-2)28(6)36(27(5)23-38)40-31-19-18-30(29-16-11-10-12-17-29)22-33(31)41(34-24-39-21-20-32(34)40)35-25(3)14-13-15-26(35)4/h10-22,24H,6,8-9H2,1-5,7H3. The minimum Gasteiger partial charge on any atom is -0.305 e. The van der Waals surface area contributed by atoms with Crippen molar-refractivity contribution in [1.82, 2.24) is 4.98 Å². The summed E-state index contributed by atoms with van der Waals surface area (Å²) in [6, 6.07) is 28.0. The molecule has 0 radical (unpaired) electrons. The maximum absolute atomic E-state index is 10.3. The summed E-state index contributed by atoms with van der Waals surface area (Å²) in [6.07, 6.45) is 5.62. The molecule has 3 aromatic carbocycles. The molecule has 0 N–H and O–H groups in total. The lowest BCUT2D eigenvalue weighted by Crippen LogP contribution is -2.32. The Hall–Kier alpha value is -4.62. The zero-order valence-electron chi connectivity index (χ0n) is 25.0. The van der Waals surface area contributed by atoms with Crippen molar-refractivity contribution in [2.45, 2.75) is 54.4 Å². The Labute approximate surface area is 244 Å². The highest BCUT2D eigenvalue weighted by Gasteiger charge is 2.37. The van der Waals surface area contributed by atoms with Crippen LogP contribution >= 0.6 is 0 Å². The van der Waals surface area contributed by atoms with Crippen LogP contribution in [0.2, 0.25) is 0 Å². The largest absolute Gasteiger partial charge is 0.305 e. The van der Waals surface area contributed by atoms with Gasteiger partial charge in [-0.05, 0) is 85.1 Å². The third kappa shape index (κ3) is 4.72. The number of benzene rings is 3. The third-order valence-electron chi connectivity index (χ3n) is 8.81. The predicted molar refractivity (Wildman–Crippen MR) is 172 cm³/mol. The summed E-state index contributed by atoms with van der Waals surface area (Å²) in [5.41, 5.74) is 12.1. The molecule has 0 saturated carbocycles. The summed E-state index contributed by atoms with van der Waals surface area (Å²) < 4.78 is 0. The fourth-order valence-corrected chi connectivity index (χ4v) is 5.89. The van der Waals surface area contributed by atoms with Crippen molar-refractivity contribution in [3.8, 4) is 17.2 Å². The van der Waals surface area contributed by atoms with Crippen LogP contribution in [0.1, 0.15) is 51.7 Å². The van der Waals surface area contributed by atoms with E-state index in [1.54, 1.807) is 0 Å². The van der Waals surface area contributed by atoms with Crippen LogP contribution in [0.15, 0.2) is 109 Å². The van der Waals surface area contributed by atoms with E-state index in [9.17, 15) is 5.26 Å². The van der Waals surface area contributed by atoms with E-state index in [2.05, 4.69) is 129 Å². The minimum atomic E-state index is -0.158. The summed E-state index contributed by atoms with van der Waals surface area (Å²) >= 11 is 0. The van der Waals surface area contributed by atoms with E-state index in [4.69, 9.17) is 0 Å². The van der Waals surface area contributed by atoms with E-state index in [0.717, 1.165) is 63.7 Å². The number of anilines is 5. The lowest BCUT2D eigenvalue weighted by molar-refractivity contribution is 0.372. The number of aryl methyl sites for hydroxylation is 2. The van der Waals surface area contributed by atoms with E-state index in [1.807, 2.05) is 25.4 Å². The molecule has 4 nitrogen and oxygen atoms in total. The molecular formula is C37H38N4. The first-order valence-electron chi connectivity index (χ1n) is 14.4. The molecule has 0 atom stereocenters. The monoisotopic (exact) mass is 538 g/mol. The van der Waals surface area contributed by atoms with Gasteiger partial charge in [-0.25, -0.2) is 0 Å². The molecule has 2 heterocycles. The van der Waals surface area contributed by atoms with E-state index >= 15 is 0 Å². The van der Waals surface area contributed by atoms with Crippen LogP contribution in [-0.2, 0) is 0 Å². The minimum absolute atomic E-state index is 0.158. The van der Waals surface area contributed by atoms with Crippen LogP contribution in [0.3, 0.4) is 0 Å². The Morgan fingerprint density at radius 2 is 1.51 bits per heavy atom. The van der Waals surface area contributed by atoms with Gasteiger partial charge in [0.2, 0.25) is 0 Å². The molecule has 41 heavy (non-hydrogen) atoms. The van der Waals surface area contributed by atoms with Crippen LogP contribution in [0.4, 0.5) is 28.4 Å². The highest BCUT2D eigenvalue weighted by molar-refractivity contribution is 6.01. The molecule has 0 saturated heterocycles. The van der Waals surface area contributed by atoms with E-state index < -0.39 is 0 Å². The molecule has 5 rings (SSSR count). The summed E-state index contributed by atoms with van der Waals surface area (Å²) in [4.78, 5) is 9.18. The number of fused-ring (bicyclic) bond motifs is 2. The molecule has 0 spiro atoms. The Bertz CT molecular complexity index is 1670. The van der Waals surface area contributed by atoms with Crippen LogP contribution in [-0.4, -0.2) is 4.98 Å². The van der Waals surface area contributed by atoms with Crippen molar-refractivity contribution in [3.63, 3.8) is 0 Å². The fourth-order valence-electron chi connectivity index (χ4n) is 5.89. The highest BCUT2D eigenvalue weighted by Crippen LogP contribution is 2.56. The first-order valence-corrected chi connectivity index (χ1v) is 14.4. The van der Waals surface area contributed by atoms with Gasteiger partial charge in [0.25, 0.3) is 0 Å². The summed E-state index contributed by atoms with van der Waals surface area (Å²) in [6.45, 7) is 17.5. The van der Waals surface area contributed by atoms with Gasteiger partial charge in [0, 0.05) is 6.20 Å². The summed E-state index contributed by atoms with van der Waals surface area (Å²) in [5, 5.41) is 10.3. The topological polar surface area (TPSA) is 43.2 Å². The molecule has 1 aliphatic rings. The van der Waals surface area contributed by atoms with Gasteiger partial charge in [-0.1, -0.05) is 81.9 Å². The number of pyridine rings is 1. The average molecular weight is 539 g/mol. The molecule has 0 fully saturated rings. The highest BCUT2D eigenvalue weighted by atomic mass is 15.3. The molecule has 1 aromatic heterocycles. The van der Waals surface area contributed by atoms with Crippen LogP contribution < -0.4 is 9.80 Å². The van der Waals surface area contributed by atoms with Gasteiger partial charge in [-0.2, -0.15) is 5.26 Å². The Kier molecular flexibility index (Phi) is 7.56. The van der Waals surface area contributed by atoms with Crippen molar-refractivity contribution in [2.24, 2.45) is 5.41 Å². The van der Waals surface area contributed by atoms with Crippen molar-refractivity contribution < 1.29 is 0 Å². The Morgan fingerprint density at radius 1 is 0.854 bits per heavy atom. The van der Waals surface area contributed by atoms with E-state index in [0.29, 0.717) is 5.57 Å². The number of para-hydroxylation sites is 1. The maximum Gasteiger partial charge on any atom is 0.0966 e. The number of hydrogen-bond acceptors (Lipinski definition) is 4. The van der Waals surface area contributed by atoms with Gasteiger partial charge in [-0.3, -0.25) is 4.98 Å². The van der Waals surface area contributed by atoms with E-state index in [-0.39, 0.29) is 5.41 Å². The lowest BCUT2D eigenvalue weighted by Gasteiger charge is -2.44. The van der Waals surface area contributed by atoms with Gasteiger partial charge in [0.1, 0.15) is 0 Å². The molecule has 1 aliphatic heterocycles. The first-order chi connectivity index (χ1) is 19.8. The smallest absolute Gasteiger partial charge is 0.0966 e. The predicted octanol–water partition coefficient (Wildman–Crippen LogP) is 10.5. The number of aromatic nitrogens is 1. The van der Waals surface area contributed by atoms with Gasteiger partial charge >= 0.3 is 0 Å². The van der Waals surface area contributed by atoms with Crippen LogP contribution in [0, 0.1) is 30.6 Å². The third-order valence-corrected chi connectivity index (χ3v) is 8.81. The Balaban J connectivity index is 1.87. The lowest BCUT2D eigenvalue weighted by atomic mass is 9.75. The quantitative estimate of drug-likeness (QED) is 0.173. The van der Waals surface area contributed by atoms with Crippen molar-refractivity contribution in [2.75, 3.05) is 9.80 Å². The maximum atomic E-state index is 10.3. The first kappa shape index (κ1) is 27.9. The van der Waals surface area contributed by atoms with Gasteiger partial charge in [0.15, 0.2) is 0 Å². The molecule has 0 unspecified atom stereocenters. The van der Waals surface area contributed by atoms with Crippen molar-refractivity contribution in [3.05, 3.63) is 120 Å². The molecule has 4 heteroatoms. The molecular weight excluding hydrogens is 500 g/mol.